The molecule has 0 saturated carbocycles. The molecule has 3 rings (SSSR count). The molecule has 3 aromatic rings. The highest BCUT2D eigenvalue weighted by molar-refractivity contribution is 5.62. The molecule has 17 heavy (non-hydrogen) atoms. The summed E-state index contributed by atoms with van der Waals surface area (Å²) in [4.78, 5) is 12.8. The van der Waals surface area contributed by atoms with Gasteiger partial charge in [-0.2, -0.15) is 5.10 Å². The predicted molar refractivity (Wildman–Crippen MR) is 63.5 cm³/mol. The number of fused-ring (bicyclic) bond motifs is 1. The van der Waals surface area contributed by atoms with Crippen LogP contribution in [-0.4, -0.2) is 24.6 Å². The van der Waals surface area contributed by atoms with Crippen molar-refractivity contribution >= 4 is 5.65 Å². The third-order valence-electron chi connectivity index (χ3n) is 2.61. The molecule has 5 heteroatoms. The van der Waals surface area contributed by atoms with Gasteiger partial charge < -0.3 is 0 Å². The highest BCUT2D eigenvalue weighted by atomic mass is 15.3. The van der Waals surface area contributed by atoms with Crippen molar-refractivity contribution in [2.75, 3.05) is 0 Å². The first-order valence-electron chi connectivity index (χ1n) is 5.35. The van der Waals surface area contributed by atoms with E-state index in [-0.39, 0.29) is 0 Å². The van der Waals surface area contributed by atoms with Crippen molar-refractivity contribution in [3.8, 4) is 11.4 Å². The van der Waals surface area contributed by atoms with E-state index in [1.165, 1.54) is 0 Å². The van der Waals surface area contributed by atoms with Crippen molar-refractivity contribution in [1.82, 2.24) is 24.6 Å². The van der Waals surface area contributed by atoms with Gasteiger partial charge in [-0.25, -0.2) is 19.5 Å². The molecular formula is C12H11N5. The second-order valence-electron chi connectivity index (χ2n) is 3.88. The van der Waals surface area contributed by atoms with E-state index in [2.05, 4.69) is 20.1 Å². The molecule has 0 bridgehead atoms. The van der Waals surface area contributed by atoms with E-state index < -0.39 is 0 Å². The molecule has 3 aromatic heterocycles. The molecule has 0 aliphatic carbocycles. The fourth-order valence-electron chi connectivity index (χ4n) is 1.88. The van der Waals surface area contributed by atoms with Gasteiger partial charge in [0, 0.05) is 11.9 Å². The van der Waals surface area contributed by atoms with Gasteiger partial charge in [-0.15, -0.1) is 0 Å². The van der Waals surface area contributed by atoms with Gasteiger partial charge in [0.15, 0.2) is 5.65 Å². The van der Waals surface area contributed by atoms with Crippen LogP contribution in [0.3, 0.4) is 0 Å². The Bertz CT molecular complexity index is 686. The Morgan fingerprint density at radius 1 is 1.18 bits per heavy atom. The summed E-state index contributed by atoms with van der Waals surface area (Å²) in [6.45, 7) is 3.90. The lowest BCUT2D eigenvalue weighted by Gasteiger charge is -2.01. The van der Waals surface area contributed by atoms with Crippen LogP contribution >= 0.6 is 0 Å². The van der Waals surface area contributed by atoms with Crippen LogP contribution in [0.1, 0.15) is 11.4 Å². The molecule has 3 heterocycles. The minimum absolute atomic E-state index is 0.830. The first-order valence-corrected chi connectivity index (χ1v) is 5.35. The maximum Gasteiger partial charge on any atom is 0.154 e. The van der Waals surface area contributed by atoms with Crippen LogP contribution in [0.2, 0.25) is 0 Å². The standard InChI is InChI=1S/C12H11N5/c1-8-6-10(14-7-13-8)12-9(2)16-11-4-3-5-15-17(11)12/h3-7H,1-2H3. The first-order chi connectivity index (χ1) is 8.25. The van der Waals surface area contributed by atoms with Gasteiger partial charge in [0.25, 0.3) is 0 Å². The second-order valence-corrected chi connectivity index (χ2v) is 3.88. The topological polar surface area (TPSA) is 56.0 Å². The van der Waals surface area contributed by atoms with Gasteiger partial charge in [-0.1, -0.05) is 0 Å². The van der Waals surface area contributed by atoms with Crippen molar-refractivity contribution in [3.05, 3.63) is 42.1 Å². The fraction of sp³-hybridized carbons (Fsp3) is 0.167. The van der Waals surface area contributed by atoms with E-state index in [4.69, 9.17) is 0 Å². The molecule has 0 amide bonds. The third kappa shape index (κ3) is 1.56. The minimum Gasteiger partial charge on any atom is -0.242 e. The maximum absolute atomic E-state index is 4.46. The molecule has 0 aliphatic heterocycles. The Hall–Kier alpha value is -2.30. The van der Waals surface area contributed by atoms with Crippen molar-refractivity contribution in [1.29, 1.82) is 0 Å². The molecule has 5 nitrogen and oxygen atoms in total. The zero-order valence-corrected chi connectivity index (χ0v) is 9.62. The smallest absolute Gasteiger partial charge is 0.154 e. The second kappa shape index (κ2) is 3.62. The molecule has 0 atom stereocenters. The molecule has 0 N–H and O–H groups in total. The largest absolute Gasteiger partial charge is 0.242 e. The average Bonchev–Trinajstić information content (AvgIpc) is 2.64. The average molecular weight is 225 g/mol. The first kappa shape index (κ1) is 9.89. The summed E-state index contributed by atoms with van der Waals surface area (Å²) in [5.74, 6) is 0. The van der Waals surface area contributed by atoms with Gasteiger partial charge in [0.1, 0.15) is 12.0 Å². The number of imidazole rings is 1. The van der Waals surface area contributed by atoms with E-state index in [0.717, 1.165) is 28.4 Å². The number of aryl methyl sites for hydroxylation is 2. The molecule has 0 saturated heterocycles. The van der Waals surface area contributed by atoms with E-state index in [1.807, 2.05) is 32.0 Å². The van der Waals surface area contributed by atoms with Gasteiger partial charge in [-0.05, 0) is 32.0 Å². The zero-order valence-electron chi connectivity index (χ0n) is 9.62. The molecule has 0 aromatic carbocycles. The summed E-state index contributed by atoms with van der Waals surface area (Å²) in [7, 11) is 0. The molecule has 0 aliphatic rings. The summed E-state index contributed by atoms with van der Waals surface area (Å²) < 4.78 is 1.80. The van der Waals surface area contributed by atoms with Crippen LogP contribution in [-0.2, 0) is 0 Å². The Kier molecular flexibility index (Phi) is 2.11. The van der Waals surface area contributed by atoms with E-state index in [1.54, 1.807) is 17.0 Å². The van der Waals surface area contributed by atoms with E-state index in [0.29, 0.717) is 0 Å². The van der Waals surface area contributed by atoms with Crippen molar-refractivity contribution in [2.24, 2.45) is 0 Å². The number of nitrogens with zero attached hydrogens (tertiary/aromatic N) is 5. The Balaban J connectivity index is 2.33. The number of hydrogen-bond donors (Lipinski definition) is 0. The normalized spacial score (nSPS) is 10.9. The highest BCUT2D eigenvalue weighted by Crippen LogP contribution is 2.21. The van der Waals surface area contributed by atoms with Crippen molar-refractivity contribution in [3.63, 3.8) is 0 Å². The summed E-state index contributed by atoms with van der Waals surface area (Å²) >= 11 is 0. The lowest BCUT2D eigenvalue weighted by atomic mass is 10.2. The van der Waals surface area contributed by atoms with Crippen LogP contribution in [0.25, 0.3) is 17.0 Å². The van der Waals surface area contributed by atoms with Gasteiger partial charge in [-0.3, -0.25) is 0 Å². The van der Waals surface area contributed by atoms with Gasteiger partial charge in [0.2, 0.25) is 0 Å². The van der Waals surface area contributed by atoms with Crippen LogP contribution in [0.5, 0.6) is 0 Å². The van der Waals surface area contributed by atoms with Gasteiger partial charge >= 0.3 is 0 Å². The highest BCUT2D eigenvalue weighted by Gasteiger charge is 2.12. The third-order valence-corrected chi connectivity index (χ3v) is 2.61. The van der Waals surface area contributed by atoms with Crippen LogP contribution in [0.4, 0.5) is 0 Å². The molecular weight excluding hydrogens is 214 g/mol. The Labute approximate surface area is 98.2 Å². The molecule has 0 radical (unpaired) electrons. The fourth-order valence-corrected chi connectivity index (χ4v) is 1.88. The monoisotopic (exact) mass is 225 g/mol. The number of hydrogen-bond acceptors (Lipinski definition) is 4. The maximum atomic E-state index is 4.46. The zero-order chi connectivity index (χ0) is 11.8. The Morgan fingerprint density at radius 3 is 2.88 bits per heavy atom. The van der Waals surface area contributed by atoms with Crippen LogP contribution in [0, 0.1) is 13.8 Å². The summed E-state index contributed by atoms with van der Waals surface area (Å²) in [5.41, 5.74) is 4.45. The van der Waals surface area contributed by atoms with Crippen molar-refractivity contribution < 1.29 is 0 Å². The number of aromatic nitrogens is 5. The Morgan fingerprint density at radius 2 is 2.06 bits per heavy atom. The van der Waals surface area contributed by atoms with Gasteiger partial charge in [0.05, 0.1) is 11.4 Å². The molecule has 0 spiro atoms. The summed E-state index contributed by atoms with van der Waals surface area (Å²) in [5, 5.41) is 4.30. The van der Waals surface area contributed by atoms with Crippen LogP contribution in [0.15, 0.2) is 30.7 Å². The van der Waals surface area contributed by atoms with Crippen LogP contribution < -0.4 is 0 Å². The molecule has 0 fully saturated rings. The molecule has 84 valence electrons. The lowest BCUT2D eigenvalue weighted by molar-refractivity contribution is 0.933. The lowest BCUT2D eigenvalue weighted by Crippen LogP contribution is -1.96. The number of rotatable bonds is 1. The van der Waals surface area contributed by atoms with E-state index in [9.17, 15) is 0 Å². The molecule has 0 unspecified atom stereocenters. The van der Waals surface area contributed by atoms with Crippen molar-refractivity contribution in [2.45, 2.75) is 13.8 Å². The predicted octanol–water partition coefficient (Wildman–Crippen LogP) is 1.80. The SMILES string of the molecule is Cc1cc(-c2c(C)nc3cccnn23)ncn1. The summed E-state index contributed by atoms with van der Waals surface area (Å²) in [6, 6.07) is 5.74. The quantitative estimate of drug-likeness (QED) is 0.633. The summed E-state index contributed by atoms with van der Waals surface area (Å²) in [6.07, 6.45) is 3.30. The van der Waals surface area contributed by atoms with E-state index >= 15 is 0 Å². The minimum atomic E-state index is 0.830.